The Morgan fingerprint density at radius 3 is 2.60 bits per heavy atom. The number of hydrogen-bond acceptors (Lipinski definition) is 4. The molecule has 0 aliphatic rings. The molecule has 0 spiro atoms. The molecule has 1 aromatic heterocycles. The summed E-state index contributed by atoms with van der Waals surface area (Å²) in [6.45, 7) is 2.60. The minimum atomic E-state index is -1.09. The summed E-state index contributed by atoms with van der Waals surface area (Å²) in [5.41, 5.74) is -0.0607. The zero-order chi connectivity index (χ0) is 14.4. The maximum absolute atomic E-state index is 10.9. The quantitative estimate of drug-likeness (QED) is 0.874. The maximum Gasteiger partial charge on any atom is 0.354 e. The molecule has 1 heterocycles. The van der Waals surface area contributed by atoms with Crippen molar-refractivity contribution in [3.8, 4) is 17.4 Å². The van der Waals surface area contributed by atoms with Gasteiger partial charge in [0.15, 0.2) is 17.2 Å². The van der Waals surface area contributed by atoms with Crippen LogP contribution in [-0.2, 0) is 0 Å². The number of aromatic nitrogens is 1. The first kappa shape index (κ1) is 13.9. The molecule has 0 aliphatic carbocycles. The van der Waals surface area contributed by atoms with Gasteiger partial charge in [-0.1, -0.05) is 25.1 Å². The van der Waals surface area contributed by atoms with Gasteiger partial charge in [-0.3, -0.25) is 0 Å². The molecule has 1 aromatic carbocycles. The molecule has 1 N–H and O–H groups in total. The number of nitrogens with zero attached hydrogens (tertiary/aromatic N) is 1. The van der Waals surface area contributed by atoms with E-state index in [0.717, 1.165) is 6.42 Å². The second-order valence-electron chi connectivity index (χ2n) is 4.06. The maximum atomic E-state index is 10.9. The number of ether oxygens (including phenoxy) is 2. The average Bonchev–Trinajstić information content (AvgIpc) is 2.46. The Balaban J connectivity index is 2.21. The predicted molar refractivity (Wildman–Crippen MR) is 73.5 cm³/mol. The number of rotatable bonds is 6. The normalized spacial score (nSPS) is 10.1. The van der Waals surface area contributed by atoms with Crippen molar-refractivity contribution in [3.63, 3.8) is 0 Å². The van der Waals surface area contributed by atoms with Crippen molar-refractivity contribution < 1.29 is 19.4 Å². The van der Waals surface area contributed by atoms with Gasteiger partial charge >= 0.3 is 5.97 Å². The lowest BCUT2D eigenvalue weighted by molar-refractivity contribution is 0.0689. The van der Waals surface area contributed by atoms with E-state index in [-0.39, 0.29) is 11.6 Å². The van der Waals surface area contributed by atoms with Gasteiger partial charge in [-0.2, -0.15) is 0 Å². The standard InChI is InChI=1S/C15H15NO4/c1-2-10-19-12-7-3-4-8-13(12)20-14-9-5-6-11(16-14)15(17)18/h3-9H,2,10H2,1H3,(H,17,18). The van der Waals surface area contributed by atoms with E-state index in [0.29, 0.717) is 18.1 Å². The molecule has 104 valence electrons. The first-order valence-corrected chi connectivity index (χ1v) is 6.30. The molecular weight excluding hydrogens is 258 g/mol. The molecule has 0 saturated heterocycles. The summed E-state index contributed by atoms with van der Waals surface area (Å²) in [7, 11) is 0. The Bertz CT molecular complexity index is 598. The highest BCUT2D eigenvalue weighted by molar-refractivity contribution is 5.85. The van der Waals surface area contributed by atoms with E-state index in [1.807, 2.05) is 19.1 Å². The van der Waals surface area contributed by atoms with Crippen molar-refractivity contribution in [1.29, 1.82) is 0 Å². The fraction of sp³-hybridized carbons (Fsp3) is 0.200. The number of aromatic carboxylic acids is 1. The highest BCUT2D eigenvalue weighted by Crippen LogP contribution is 2.30. The van der Waals surface area contributed by atoms with Crippen molar-refractivity contribution in [3.05, 3.63) is 48.2 Å². The Hall–Kier alpha value is -2.56. The molecule has 0 aliphatic heterocycles. The van der Waals surface area contributed by atoms with Crippen molar-refractivity contribution in [2.75, 3.05) is 6.61 Å². The summed E-state index contributed by atoms with van der Waals surface area (Å²) in [6, 6.07) is 11.8. The van der Waals surface area contributed by atoms with E-state index in [1.54, 1.807) is 24.3 Å². The zero-order valence-electron chi connectivity index (χ0n) is 11.1. The molecule has 20 heavy (non-hydrogen) atoms. The number of hydrogen-bond donors (Lipinski definition) is 1. The van der Waals surface area contributed by atoms with Crippen molar-refractivity contribution in [2.45, 2.75) is 13.3 Å². The summed E-state index contributed by atoms with van der Waals surface area (Å²) in [4.78, 5) is 14.8. The van der Waals surface area contributed by atoms with Gasteiger partial charge in [-0.05, 0) is 24.6 Å². The molecule has 0 radical (unpaired) electrons. The summed E-state index contributed by atoms with van der Waals surface area (Å²) < 4.78 is 11.2. The van der Waals surface area contributed by atoms with Gasteiger partial charge < -0.3 is 14.6 Å². The van der Waals surface area contributed by atoms with E-state index in [2.05, 4.69) is 4.98 Å². The summed E-state index contributed by atoms with van der Waals surface area (Å²) >= 11 is 0. The van der Waals surface area contributed by atoms with Crippen LogP contribution in [0.15, 0.2) is 42.5 Å². The molecule has 2 rings (SSSR count). The highest BCUT2D eigenvalue weighted by atomic mass is 16.5. The molecule has 0 fully saturated rings. The molecule has 2 aromatic rings. The fourth-order valence-corrected chi connectivity index (χ4v) is 1.57. The minimum Gasteiger partial charge on any atom is -0.490 e. The Kier molecular flexibility index (Phi) is 4.55. The van der Waals surface area contributed by atoms with Crippen molar-refractivity contribution in [2.24, 2.45) is 0 Å². The number of carboxylic acid groups (broad SMARTS) is 1. The van der Waals surface area contributed by atoms with Crippen LogP contribution in [-0.4, -0.2) is 22.7 Å². The number of benzene rings is 1. The molecular formula is C15H15NO4. The monoisotopic (exact) mass is 273 g/mol. The van der Waals surface area contributed by atoms with Crippen LogP contribution in [0, 0.1) is 0 Å². The second kappa shape index (κ2) is 6.56. The van der Waals surface area contributed by atoms with Crippen LogP contribution in [0.4, 0.5) is 0 Å². The van der Waals surface area contributed by atoms with Crippen LogP contribution < -0.4 is 9.47 Å². The van der Waals surface area contributed by atoms with E-state index in [1.165, 1.54) is 6.07 Å². The third kappa shape index (κ3) is 3.47. The van der Waals surface area contributed by atoms with Crippen LogP contribution in [0.25, 0.3) is 0 Å². The van der Waals surface area contributed by atoms with Gasteiger partial charge in [0, 0.05) is 6.07 Å². The van der Waals surface area contributed by atoms with Gasteiger partial charge in [-0.15, -0.1) is 0 Å². The largest absolute Gasteiger partial charge is 0.490 e. The lowest BCUT2D eigenvalue weighted by Gasteiger charge is -2.11. The third-order valence-electron chi connectivity index (χ3n) is 2.47. The third-order valence-corrected chi connectivity index (χ3v) is 2.47. The number of pyridine rings is 1. The van der Waals surface area contributed by atoms with E-state index in [9.17, 15) is 4.79 Å². The van der Waals surface area contributed by atoms with E-state index < -0.39 is 5.97 Å². The van der Waals surface area contributed by atoms with E-state index >= 15 is 0 Å². The Labute approximate surface area is 116 Å². The number of para-hydroxylation sites is 2. The molecule has 0 amide bonds. The Morgan fingerprint density at radius 2 is 1.90 bits per heavy atom. The SMILES string of the molecule is CCCOc1ccccc1Oc1cccc(C(=O)O)n1. The van der Waals surface area contributed by atoms with Gasteiger partial charge in [0.2, 0.25) is 5.88 Å². The Morgan fingerprint density at radius 1 is 1.15 bits per heavy atom. The molecule has 0 unspecified atom stereocenters. The molecule has 5 heteroatoms. The number of carboxylic acids is 1. The number of carbonyl (C=O) groups is 1. The first-order chi connectivity index (χ1) is 9.70. The minimum absolute atomic E-state index is 0.0607. The topological polar surface area (TPSA) is 68.7 Å². The van der Waals surface area contributed by atoms with Gasteiger partial charge in [0.1, 0.15) is 0 Å². The summed E-state index contributed by atoms with van der Waals surface area (Å²) in [6.07, 6.45) is 0.890. The van der Waals surface area contributed by atoms with Crippen LogP contribution in [0.3, 0.4) is 0 Å². The first-order valence-electron chi connectivity index (χ1n) is 6.30. The van der Waals surface area contributed by atoms with E-state index in [4.69, 9.17) is 14.6 Å². The molecule has 0 saturated carbocycles. The second-order valence-corrected chi connectivity index (χ2v) is 4.06. The summed E-state index contributed by atoms with van der Waals surface area (Å²) in [5, 5.41) is 8.90. The molecule has 0 atom stereocenters. The highest BCUT2D eigenvalue weighted by Gasteiger charge is 2.09. The van der Waals surface area contributed by atoms with Crippen LogP contribution in [0.1, 0.15) is 23.8 Å². The van der Waals surface area contributed by atoms with Gasteiger partial charge in [0.05, 0.1) is 6.61 Å². The van der Waals surface area contributed by atoms with Crippen molar-refractivity contribution in [1.82, 2.24) is 4.98 Å². The van der Waals surface area contributed by atoms with Crippen LogP contribution >= 0.6 is 0 Å². The fourth-order valence-electron chi connectivity index (χ4n) is 1.57. The lowest BCUT2D eigenvalue weighted by Crippen LogP contribution is -2.01. The smallest absolute Gasteiger partial charge is 0.354 e. The van der Waals surface area contributed by atoms with Crippen molar-refractivity contribution >= 4 is 5.97 Å². The van der Waals surface area contributed by atoms with Crippen LogP contribution in [0.2, 0.25) is 0 Å². The summed E-state index contributed by atoms with van der Waals surface area (Å²) in [5.74, 6) is 0.247. The zero-order valence-corrected chi connectivity index (χ0v) is 11.1. The predicted octanol–water partition coefficient (Wildman–Crippen LogP) is 3.36. The average molecular weight is 273 g/mol. The lowest BCUT2D eigenvalue weighted by atomic mass is 10.3. The molecule has 0 bridgehead atoms. The van der Waals surface area contributed by atoms with Crippen LogP contribution in [0.5, 0.6) is 17.4 Å². The van der Waals surface area contributed by atoms with Gasteiger partial charge in [0.25, 0.3) is 0 Å². The molecule has 5 nitrogen and oxygen atoms in total. The van der Waals surface area contributed by atoms with Gasteiger partial charge in [-0.25, -0.2) is 9.78 Å².